The molecule has 0 amide bonds. The molecule has 1 aliphatic heterocycles. The Balaban J connectivity index is 2.44. The van der Waals surface area contributed by atoms with Crippen LogP contribution in [0.4, 0.5) is 4.39 Å². The lowest BCUT2D eigenvalue weighted by atomic mass is 10.1. The van der Waals surface area contributed by atoms with Crippen molar-refractivity contribution in [1.29, 1.82) is 5.26 Å². The largest absolute Gasteiger partial charge is 0.298 e. The van der Waals surface area contributed by atoms with E-state index in [9.17, 15) is 12.8 Å². The summed E-state index contributed by atoms with van der Waals surface area (Å²) >= 11 is 0. The maximum Gasteiger partial charge on any atom is 0.244 e. The second-order valence-corrected chi connectivity index (χ2v) is 7.34. The molecule has 0 radical (unpaired) electrons. The molecule has 5 nitrogen and oxygen atoms in total. The van der Waals surface area contributed by atoms with Crippen molar-refractivity contribution in [2.24, 2.45) is 0 Å². The first kappa shape index (κ1) is 15.9. The number of piperazine rings is 1. The fraction of sp³-hybridized carbons (Fsp3) is 0.500. The molecule has 2 rings (SSSR count). The third-order valence-electron chi connectivity index (χ3n) is 4.01. The van der Waals surface area contributed by atoms with Crippen molar-refractivity contribution in [3.8, 4) is 6.07 Å². The quantitative estimate of drug-likeness (QED) is 0.828. The van der Waals surface area contributed by atoms with Gasteiger partial charge in [-0.05, 0) is 39.1 Å². The second kappa shape index (κ2) is 5.72. The van der Waals surface area contributed by atoms with Crippen LogP contribution < -0.4 is 0 Å². The molecule has 114 valence electrons. The molecule has 2 atom stereocenters. The number of benzene rings is 1. The highest BCUT2D eigenvalue weighted by Crippen LogP contribution is 2.25. The Morgan fingerprint density at radius 1 is 1.29 bits per heavy atom. The minimum Gasteiger partial charge on any atom is -0.298 e. The summed E-state index contributed by atoms with van der Waals surface area (Å²) in [5, 5.41) is 9.05. The Morgan fingerprint density at radius 3 is 2.38 bits per heavy atom. The average molecular weight is 311 g/mol. The first-order chi connectivity index (χ1) is 9.77. The molecule has 0 aromatic heterocycles. The van der Waals surface area contributed by atoms with Crippen molar-refractivity contribution >= 4 is 10.0 Å². The number of hydrogen-bond donors (Lipinski definition) is 0. The van der Waals surface area contributed by atoms with Gasteiger partial charge >= 0.3 is 0 Å². The van der Waals surface area contributed by atoms with Gasteiger partial charge in [-0.15, -0.1) is 0 Å². The van der Waals surface area contributed by atoms with Crippen LogP contribution in [0.2, 0.25) is 0 Å². The predicted molar refractivity (Wildman–Crippen MR) is 76.6 cm³/mol. The van der Waals surface area contributed by atoms with Crippen LogP contribution in [0.25, 0.3) is 0 Å². The number of nitriles is 1. The topological polar surface area (TPSA) is 64.4 Å². The number of nitrogens with zero attached hydrogens (tertiary/aromatic N) is 3. The number of likely N-dealkylation sites (N-methyl/N-ethyl adjacent to an activating group) is 1. The van der Waals surface area contributed by atoms with Gasteiger partial charge in [0.2, 0.25) is 10.0 Å². The molecule has 1 aromatic carbocycles. The monoisotopic (exact) mass is 311 g/mol. The summed E-state index contributed by atoms with van der Waals surface area (Å²) in [5.41, 5.74) is -0.0318. The van der Waals surface area contributed by atoms with Gasteiger partial charge in [0.15, 0.2) is 0 Å². The molecule has 1 fully saturated rings. The normalized spacial score (nSPS) is 24.7. The van der Waals surface area contributed by atoms with Gasteiger partial charge in [-0.1, -0.05) is 0 Å². The number of sulfonamides is 1. The fourth-order valence-electron chi connectivity index (χ4n) is 2.49. The number of hydrogen-bond acceptors (Lipinski definition) is 4. The highest BCUT2D eigenvalue weighted by molar-refractivity contribution is 7.89. The van der Waals surface area contributed by atoms with E-state index >= 15 is 0 Å². The minimum atomic E-state index is -3.87. The van der Waals surface area contributed by atoms with Crippen LogP contribution in [-0.2, 0) is 10.0 Å². The molecule has 0 N–H and O–H groups in total. The van der Waals surface area contributed by atoms with Crippen molar-refractivity contribution in [3.63, 3.8) is 0 Å². The van der Waals surface area contributed by atoms with Crippen LogP contribution >= 0.6 is 0 Å². The lowest BCUT2D eigenvalue weighted by molar-refractivity contribution is 0.105. The average Bonchev–Trinajstić information content (AvgIpc) is 2.44. The predicted octanol–water partition coefficient (Wildman–Crippen LogP) is 1.41. The minimum absolute atomic E-state index is 0.0318. The van der Waals surface area contributed by atoms with Gasteiger partial charge in [0.1, 0.15) is 16.8 Å². The van der Waals surface area contributed by atoms with Crippen LogP contribution in [0.1, 0.15) is 19.4 Å². The van der Waals surface area contributed by atoms with Crippen LogP contribution in [0, 0.1) is 17.1 Å². The van der Waals surface area contributed by atoms with E-state index in [1.807, 2.05) is 27.0 Å². The summed E-state index contributed by atoms with van der Waals surface area (Å²) in [6, 6.07) is 5.14. The van der Waals surface area contributed by atoms with E-state index in [1.54, 1.807) is 0 Å². The summed E-state index contributed by atoms with van der Waals surface area (Å²) in [5.74, 6) is -0.664. The molecule has 0 saturated carbocycles. The van der Waals surface area contributed by atoms with E-state index in [-0.39, 0.29) is 22.5 Å². The first-order valence-electron chi connectivity index (χ1n) is 6.69. The Morgan fingerprint density at radius 2 is 1.86 bits per heavy atom. The molecule has 0 spiro atoms. The molecular formula is C14H18FN3O2S. The lowest BCUT2D eigenvalue weighted by Crippen LogP contribution is -2.56. The number of halogens is 1. The van der Waals surface area contributed by atoms with Crippen LogP contribution in [0.5, 0.6) is 0 Å². The van der Waals surface area contributed by atoms with Gasteiger partial charge in [-0.3, -0.25) is 4.90 Å². The fourth-order valence-corrected chi connectivity index (χ4v) is 4.25. The van der Waals surface area contributed by atoms with E-state index in [1.165, 1.54) is 10.4 Å². The van der Waals surface area contributed by atoms with E-state index in [0.29, 0.717) is 13.1 Å². The van der Waals surface area contributed by atoms with E-state index < -0.39 is 15.8 Å². The molecule has 1 aromatic rings. The molecule has 0 bridgehead atoms. The third-order valence-corrected chi connectivity index (χ3v) is 5.88. The molecule has 21 heavy (non-hydrogen) atoms. The highest BCUT2D eigenvalue weighted by Gasteiger charge is 2.35. The second-order valence-electron chi connectivity index (χ2n) is 5.44. The van der Waals surface area contributed by atoms with Crippen molar-refractivity contribution in [2.45, 2.75) is 30.8 Å². The third kappa shape index (κ3) is 2.93. The smallest absolute Gasteiger partial charge is 0.244 e. The molecule has 1 saturated heterocycles. The zero-order valence-corrected chi connectivity index (χ0v) is 13.1. The van der Waals surface area contributed by atoms with Crippen LogP contribution in [0.3, 0.4) is 0 Å². The van der Waals surface area contributed by atoms with E-state index in [2.05, 4.69) is 4.90 Å². The van der Waals surface area contributed by atoms with Gasteiger partial charge in [-0.2, -0.15) is 9.57 Å². The van der Waals surface area contributed by atoms with Crippen molar-refractivity contribution in [2.75, 3.05) is 20.1 Å². The molecule has 2 unspecified atom stereocenters. The molecule has 1 aliphatic rings. The zero-order valence-electron chi connectivity index (χ0n) is 12.2. The first-order valence-corrected chi connectivity index (χ1v) is 8.13. The van der Waals surface area contributed by atoms with Gasteiger partial charge in [0.25, 0.3) is 0 Å². The SMILES string of the molecule is CC1CN(S(=O)(=O)c2cc(F)ccc2C#N)CC(C)N1C. The Hall–Kier alpha value is -1.49. The summed E-state index contributed by atoms with van der Waals surface area (Å²) in [6.45, 7) is 4.53. The van der Waals surface area contributed by atoms with Gasteiger partial charge in [-0.25, -0.2) is 12.8 Å². The molecule has 0 aliphatic carbocycles. The molecule has 1 heterocycles. The maximum absolute atomic E-state index is 13.4. The van der Waals surface area contributed by atoms with Gasteiger partial charge in [0, 0.05) is 25.2 Å². The summed E-state index contributed by atoms with van der Waals surface area (Å²) in [4.78, 5) is 1.84. The summed E-state index contributed by atoms with van der Waals surface area (Å²) < 4.78 is 40.1. The van der Waals surface area contributed by atoms with Gasteiger partial charge < -0.3 is 0 Å². The van der Waals surface area contributed by atoms with E-state index in [0.717, 1.165) is 12.1 Å². The lowest BCUT2D eigenvalue weighted by Gasteiger charge is -2.41. The Kier molecular flexibility index (Phi) is 4.33. The van der Waals surface area contributed by atoms with Crippen molar-refractivity contribution in [3.05, 3.63) is 29.6 Å². The number of rotatable bonds is 2. The highest BCUT2D eigenvalue weighted by atomic mass is 32.2. The van der Waals surface area contributed by atoms with Crippen LogP contribution in [0.15, 0.2) is 23.1 Å². The molecule has 7 heteroatoms. The van der Waals surface area contributed by atoms with E-state index in [4.69, 9.17) is 5.26 Å². The van der Waals surface area contributed by atoms with Gasteiger partial charge in [0.05, 0.1) is 5.56 Å². The van der Waals surface area contributed by atoms with Crippen molar-refractivity contribution in [1.82, 2.24) is 9.21 Å². The summed E-state index contributed by atoms with van der Waals surface area (Å²) in [7, 11) is -1.93. The zero-order chi connectivity index (χ0) is 15.8. The summed E-state index contributed by atoms with van der Waals surface area (Å²) in [6.07, 6.45) is 0. The Labute approximate surface area is 124 Å². The molecular weight excluding hydrogens is 293 g/mol. The van der Waals surface area contributed by atoms with Crippen molar-refractivity contribution < 1.29 is 12.8 Å². The van der Waals surface area contributed by atoms with Crippen LogP contribution in [-0.4, -0.2) is 49.8 Å². The Bertz CT molecular complexity index is 672. The standard InChI is InChI=1S/C14H18FN3O2S/c1-10-8-18(9-11(2)17(10)3)21(19,20)14-6-13(15)5-4-12(14)7-16/h4-6,10-11H,8-9H2,1-3H3. The maximum atomic E-state index is 13.4.